The van der Waals surface area contributed by atoms with E-state index in [1.54, 1.807) is 20.8 Å². The van der Waals surface area contributed by atoms with Crippen molar-refractivity contribution in [3.63, 3.8) is 0 Å². The van der Waals surface area contributed by atoms with Crippen LogP contribution in [-0.2, 0) is 16.5 Å². The third kappa shape index (κ3) is 6.78. The normalized spacial score (nSPS) is 15.5. The maximum Gasteiger partial charge on any atom is 0.407 e. The highest BCUT2D eigenvalue weighted by Gasteiger charge is 2.29. The van der Waals surface area contributed by atoms with E-state index in [2.05, 4.69) is 10.4 Å². The van der Waals surface area contributed by atoms with Crippen molar-refractivity contribution in [1.29, 1.82) is 0 Å². The fraction of sp³-hybridized carbons (Fsp3) is 0.522. The molecule has 1 aromatic carbocycles. The van der Waals surface area contributed by atoms with E-state index >= 15 is 0 Å². The number of rotatable bonds is 7. The first-order valence-corrected chi connectivity index (χ1v) is 10.8. The summed E-state index contributed by atoms with van der Waals surface area (Å²) in [6.45, 7) is 6.83. The van der Waals surface area contributed by atoms with E-state index in [1.165, 1.54) is 0 Å². The Bertz CT molecular complexity index is 928. The van der Waals surface area contributed by atoms with Crippen LogP contribution in [0.4, 0.5) is 9.18 Å². The van der Waals surface area contributed by atoms with Crippen LogP contribution < -0.4 is 14.7 Å². The van der Waals surface area contributed by atoms with E-state index in [0.717, 1.165) is 43.3 Å². The van der Waals surface area contributed by atoms with Crippen molar-refractivity contribution in [2.45, 2.75) is 45.1 Å². The maximum atomic E-state index is 13.2. The molecule has 0 radical (unpaired) electrons. The lowest BCUT2D eigenvalue weighted by molar-refractivity contribution is -0.735. The van der Waals surface area contributed by atoms with Gasteiger partial charge < -0.3 is 19.5 Å². The molecule has 1 aliphatic heterocycles. The molecule has 1 aromatic heterocycles. The van der Waals surface area contributed by atoms with Crippen LogP contribution in [0.3, 0.4) is 0 Å². The SMILES string of the molecule is C[n+]1[nH]c(-c2ccc(OC/C(=C/F)CNC(=O)OC(C)(C)C)cc2)nc1C1CCOCC1. The van der Waals surface area contributed by atoms with Crippen molar-refractivity contribution in [3.05, 3.63) is 42.0 Å². The summed E-state index contributed by atoms with van der Waals surface area (Å²) < 4.78 is 31.4. The first-order valence-electron chi connectivity index (χ1n) is 10.8. The Kier molecular flexibility index (Phi) is 7.84. The van der Waals surface area contributed by atoms with Crippen molar-refractivity contribution < 1.29 is 28.1 Å². The average Bonchev–Trinajstić information content (AvgIpc) is 3.15. The number of amides is 1. The van der Waals surface area contributed by atoms with E-state index in [0.29, 0.717) is 23.6 Å². The quantitative estimate of drug-likeness (QED) is 0.634. The summed E-state index contributed by atoms with van der Waals surface area (Å²) in [6.07, 6.45) is 1.77. The molecule has 32 heavy (non-hydrogen) atoms. The summed E-state index contributed by atoms with van der Waals surface area (Å²) in [5, 5.41) is 5.81. The smallest absolute Gasteiger partial charge is 0.407 e. The highest BCUT2D eigenvalue weighted by atomic mass is 19.1. The summed E-state index contributed by atoms with van der Waals surface area (Å²) in [5.74, 6) is 2.79. The molecule has 0 atom stereocenters. The van der Waals surface area contributed by atoms with Gasteiger partial charge in [-0.3, -0.25) is 0 Å². The first kappa shape index (κ1) is 23.7. The van der Waals surface area contributed by atoms with Crippen LogP contribution >= 0.6 is 0 Å². The van der Waals surface area contributed by atoms with Crippen LogP contribution in [0.1, 0.15) is 45.4 Å². The zero-order chi connectivity index (χ0) is 23.1. The fourth-order valence-corrected chi connectivity index (χ4v) is 3.39. The molecule has 1 saturated heterocycles. The second kappa shape index (κ2) is 10.6. The van der Waals surface area contributed by atoms with Gasteiger partial charge in [-0.2, -0.15) is 9.78 Å². The van der Waals surface area contributed by atoms with Gasteiger partial charge in [0.15, 0.2) is 0 Å². The third-order valence-corrected chi connectivity index (χ3v) is 5.00. The van der Waals surface area contributed by atoms with Crippen molar-refractivity contribution in [2.24, 2.45) is 7.05 Å². The monoisotopic (exact) mass is 447 g/mol. The van der Waals surface area contributed by atoms with Crippen molar-refractivity contribution in [2.75, 3.05) is 26.4 Å². The van der Waals surface area contributed by atoms with E-state index in [1.807, 2.05) is 36.0 Å². The number of ether oxygens (including phenoxy) is 3. The number of aryl methyl sites for hydroxylation is 1. The van der Waals surface area contributed by atoms with Gasteiger partial charge in [0.05, 0.1) is 12.2 Å². The molecular weight excluding hydrogens is 415 g/mol. The molecule has 9 heteroatoms. The van der Waals surface area contributed by atoms with E-state index < -0.39 is 11.7 Å². The van der Waals surface area contributed by atoms with Gasteiger partial charge in [-0.25, -0.2) is 9.18 Å². The predicted octanol–water partition coefficient (Wildman–Crippen LogP) is 3.55. The van der Waals surface area contributed by atoms with Crippen molar-refractivity contribution >= 4 is 6.09 Å². The Labute approximate surface area is 187 Å². The minimum absolute atomic E-state index is 0.00136. The summed E-state index contributed by atoms with van der Waals surface area (Å²) in [6, 6.07) is 7.42. The molecule has 1 fully saturated rings. The van der Waals surface area contributed by atoms with Crippen LogP contribution in [0.5, 0.6) is 5.75 Å². The molecule has 174 valence electrons. The fourth-order valence-electron chi connectivity index (χ4n) is 3.39. The summed E-state index contributed by atoms with van der Waals surface area (Å²) in [4.78, 5) is 16.5. The van der Waals surface area contributed by atoms with Crippen molar-refractivity contribution in [1.82, 2.24) is 15.4 Å². The minimum atomic E-state index is -0.613. The molecule has 2 heterocycles. The third-order valence-electron chi connectivity index (χ3n) is 5.00. The Morgan fingerprint density at radius 3 is 2.62 bits per heavy atom. The molecule has 8 nitrogen and oxygen atoms in total. The number of benzene rings is 1. The summed E-state index contributed by atoms with van der Waals surface area (Å²) in [7, 11) is 1.97. The Hall–Kier alpha value is -2.94. The lowest BCUT2D eigenvalue weighted by atomic mass is 9.99. The first-order chi connectivity index (χ1) is 15.2. The van der Waals surface area contributed by atoms with Crippen LogP contribution in [0, 0.1) is 0 Å². The maximum absolute atomic E-state index is 13.2. The van der Waals surface area contributed by atoms with Crippen LogP contribution in [0.15, 0.2) is 36.2 Å². The number of hydrogen-bond acceptors (Lipinski definition) is 5. The lowest BCUT2D eigenvalue weighted by Gasteiger charge is -2.20. The van der Waals surface area contributed by atoms with Gasteiger partial charge in [0.1, 0.15) is 25.0 Å². The summed E-state index contributed by atoms with van der Waals surface area (Å²) >= 11 is 0. The molecule has 0 aliphatic carbocycles. The molecule has 3 rings (SSSR count). The van der Waals surface area contributed by atoms with Gasteiger partial charge >= 0.3 is 11.9 Å². The summed E-state index contributed by atoms with van der Waals surface area (Å²) in [5.41, 5.74) is 0.608. The van der Waals surface area contributed by atoms with Gasteiger partial charge in [0.2, 0.25) is 0 Å². The van der Waals surface area contributed by atoms with E-state index in [9.17, 15) is 9.18 Å². The molecule has 2 aromatic rings. The number of hydrogen-bond donors (Lipinski definition) is 2. The van der Waals surface area contributed by atoms with Gasteiger partial charge in [0.25, 0.3) is 5.82 Å². The minimum Gasteiger partial charge on any atom is -0.489 e. The number of aromatic amines is 1. The molecule has 2 N–H and O–H groups in total. The van der Waals surface area contributed by atoms with Gasteiger partial charge in [-0.05, 0) is 62.9 Å². The Morgan fingerprint density at radius 1 is 1.31 bits per heavy atom. The molecule has 0 saturated carbocycles. The lowest BCUT2D eigenvalue weighted by Crippen LogP contribution is -2.37. The Morgan fingerprint density at radius 2 is 2.00 bits per heavy atom. The largest absolute Gasteiger partial charge is 0.489 e. The second-order valence-corrected chi connectivity index (χ2v) is 8.81. The highest BCUT2D eigenvalue weighted by Crippen LogP contribution is 2.25. The van der Waals surface area contributed by atoms with Gasteiger partial charge in [-0.1, -0.05) is 0 Å². The van der Waals surface area contributed by atoms with Gasteiger partial charge in [0, 0.05) is 30.9 Å². The number of nitrogens with zero attached hydrogens (tertiary/aromatic N) is 2. The number of halogens is 1. The number of H-pyrrole nitrogens is 1. The van der Waals surface area contributed by atoms with Crippen LogP contribution in [0.25, 0.3) is 11.4 Å². The second-order valence-electron chi connectivity index (χ2n) is 8.81. The topological polar surface area (TPSA) is 89.4 Å². The van der Waals surface area contributed by atoms with E-state index in [4.69, 9.17) is 19.2 Å². The highest BCUT2D eigenvalue weighted by molar-refractivity contribution is 5.68. The zero-order valence-electron chi connectivity index (χ0n) is 19.1. The average molecular weight is 448 g/mol. The molecule has 1 amide bonds. The predicted molar refractivity (Wildman–Crippen MR) is 117 cm³/mol. The number of nitrogens with one attached hydrogen (secondary N) is 2. The molecular formula is C23H32FN4O4+. The molecule has 0 unspecified atom stereocenters. The number of carbonyl (C=O) groups is 1. The number of carbonyl (C=O) groups excluding carboxylic acids is 1. The number of aromatic nitrogens is 3. The van der Waals surface area contributed by atoms with Crippen LogP contribution in [0.2, 0.25) is 0 Å². The van der Waals surface area contributed by atoms with Gasteiger partial charge in [-0.15, -0.1) is 0 Å². The molecule has 0 bridgehead atoms. The number of alkyl carbamates (subject to hydrolysis) is 1. The zero-order valence-corrected chi connectivity index (χ0v) is 19.1. The standard InChI is InChI=1S/C23H31FN4O4/c1-23(2,3)32-22(29)25-14-16(13-24)15-31-19-7-5-17(6-8-19)20-26-21(28(4)27-20)18-9-11-30-12-10-18/h5-8,13,18H,9-12,14-15H2,1-4H3,(H,25,29)/p+1/b16-13+. The van der Waals surface area contributed by atoms with Crippen LogP contribution in [-0.4, -0.2) is 48.1 Å². The van der Waals surface area contributed by atoms with Crippen molar-refractivity contribution in [3.8, 4) is 17.1 Å². The Balaban J connectivity index is 1.54. The molecule has 0 spiro atoms. The molecule has 1 aliphatic rings. The van der Waals surface area contributed by atoms with E-state index in [-0.39, 0.29) is 13.2 Å².